The molecule has 9 heteroatoms. The van der Waals surface area contributed by atoms with Gasteiger partial charge in [0.15, 0.2) is 11.7 Å². The molecule has 1 unspecified atom stereocenters. The van der Waals surface area contributed by atoms with Crippen molar-refractivity contribution < 1.29 is 23.8 Å². The Morgan fingerprint density at radius 3 is 2.31 bits per heavy atom. The molecule has 48 heavy (non-hydrogen) atoms. The lowest BCUT2D eigenvalue weighted by molar-refractivity contribution is -0.124. The highest BCUT2D eigenvalue weighted by Crippen LogP contribution is 2.31. The van der Waals surface area contributed by atoms with Gasteiger partial charge in [-0.3, -0.25) is 4.79 Å². The van der Waals surface area contributed by atoms with Gasteiger partial charge in [-0.05, 0) is 80.5 Å². The average molecular weight is 655 g/mol. The summed E-state index contributed by atoms with van der Waals surface area (Å²) < 4.78 is 11.4. The maximum atomic E-state index is 14.0. The molecule has 3 atom stereocenters. The molecule has 256 valence electrons. The minimum absolute atomic E-state index is 0.115. The van der Waals surface area contributed by atoms with Crippen molar-refractivity contribution in [1.82, 2.24) is 15.2 Å². The van der Waals surface area contributed by atoms with E-state index in [1.807, 2.05) is 64.1 Å². The van der Waals surface area contributed by atoms with E-state index in [0.29, 0.717) is 37.0 Å². The van der Waals surface area contributed by atoms with Crippen LogP contribution in [-0.4, -0.2) is 64.8 Å². The van der Waals surface area contributed by atoms with Crippen LogP contribution in [-0.2, 0) is 9.53 Å². The van der Waals surface area contributed by atoms with E-state index >= 15 is 0 Å². The summed E-state index contributed by atoms with van der Waals surface area (Å²) in [5, 5.41) is 14.4. The van der Waals surface area contributed by atoms with Gasteiger partial charge in [0.1, 0.15) is 11.1 Å². The van der Waals surface area contributed by atoms with Crippen LogP contribution in [0, 0.1) is 5.92 Å². The second kappa shape index (κ2) is 15.2. The first-order chi connectivity index (χ1) is 22.9. The molecule has 0 saturated carbocycles. The van der Waals surface area contributed by atoms with Gasteiger partial charge < -0.3 is 29.4 Å². The number of hydrogen-bond donors (Lipinski definition) is 2. The monoisotopic (exact) mass is 654 g/mol. The van der Waals surface area contributed by atoms with E-state index in [2.05, 4.69) is 65.4 Å². The normalized spacial score (nSPS) is 15.8. The number of amides is 2. The zero-order chi connectivity index (χ0) is 34.4. The number of nitrogens with zero attached hydrogens (tertiary/aromatic N) is 3. The Hall–Kier alpha value is -4.37. The van der Waals surface area contributed by atoms with Crippen molar-refractivity contribution in [2.24, 2.45) is 5.92 Å². The van der Waals surface area contributed by atoms with Gasteiger partial charge in [-0.2, -0.15) is 0 Å². The fraction of sp³-hybridized carbons (Fsp3) is 0.462. The van der Waals surface area contributed by atoms with Crippen molar-refractivity contribution >= 4 is 28.8 Å². The number of hydrogen-bond acceptors (Lipinski definition) is 7. The molecular formula is C39H50N4O5. The number of fused-ring (bicyclic) bond motifs is 1. The van der Waals surface area contributed by atoms with Crippen molar-refractivity contribution in [1.29, 1.82) is 0 Å². The van der Waals surface area contributed by atoms with Crippen LogP contribution >= 0.6 is 0 Å². The minimum Gasteiger partial charge on any atom is -0.444 e. The van der Waals surface area contributed by atoms with Gasteiger partial charge >= 0.3 is 6.09 Å². The Morgan fingerprint density at radius 1 is 0.958 bits per heavy atom. The first kappa shape index (κ1) is 35.0. The highest BCUT2D eigenvalue weighted by Gasteiger charge is 2.31. The Bertz CT molecular complexity index is 1630. The van der Waals surface area contributed by atoms with E-state index in [0.717, 1.165) is 41.9 Å². The summed E-state index contributed by atoms with van der Waals surface area (Å²) in [6.07, 6.45) is 0.708. The SMILES string of the molecule is CCC[C@H](NC(=O)[C@H](CC(C)C)c1cccc(-c2ccc(N3CCN(C(=O)OC(C)(C)C)CC3)cc2)c1)C(O)c1nc2ccccc2o1. The zero-order valence-electron chi connectivity index (χ0n) is 29.1. The predicted octanol–water partition coefficient (Wildman–Crippen LogP) is 7.70. The average Bonchev–Trinajstić information content (AvgIpc) is 3.50. The van der Waals surface area contributed by atoms with Gasteiger partial charge in [0.25, 0.3) is 0 Å². The molecule has 4 aromatic rings. The predicted molar refractivity (Wildman–Crippen MR) is 190 cm³/mol. The maximum Gasteiger partial charge on any atom is 0.410 e. The molecule has 1 saturated heterocycles. The van der Waals surface area contributed by atoms with E-state index in [9.17, 15) is 14.7 Å². The van der Waals surface area contributed by atoms with E-state index < -0.39 is 17.7 Å². The van der Waals surface area contributed by atoms with Crippen LogP contribution in [0.15, 0.2) is 77.2 Å². The molecule has 1 fully saturated rings. The highest BCUT2D eigenvalue weighted by molar-refractivity contribution is 5.84. The number of piperazine rings is 1. The standard InChI is InChI=1S/C39H50N4O5/c1-7-11-33(35(44)37-41-32-14-8-9-15-34(32)47-37)40-36(45)31(24-26(2)3)29-13-10-12-28(25-29)27-16-18-30(19-17-27)42-20-22-43(23-21-42)38(46)48-39(4,5)6/h8-10,12-19,25-26,31,33,35,44H,7,11,20-24H2,1-6H3,(H,40,45)/t31-,33+,35?/m1/s1. The number of carbonyl (C=O) groups excluding carboxylic acids is 2. The van der Waals surface area contributed by atoms with E-state index in [1.165, 1.54) is 0 Å². The molecule has 0 aliphatic carbocycles. The van der Waals surface area contributed by atoms with Crippen molar-refractivity contribution in [3.05, 3.63) is 84.3 Å². The van der Waals surface area contributed by atoms with Crippen LogP contribution in [0.5, 0.6) is 0 Å². The number of rotatable bonds is 11. The van der Waals surface area contributed by atoms with Gasteiger partial charge in [0.2, 0.25) is 11.8 Å². The second-order valence-electron chi connectivity index (χ2n) is 14.2. The maximum absolute atomic E-state index is 14.0. The molecule has 2 amide bonds. The van der Waals surface area contributed by atoms with Crippen molar-refractivity contribution in [2.45, 2.75) is 84.5 Å². The van der Waals surface area contributed by atoms with Crippen molar-refractivity contribution in [3.8, 4) is 11.1 Å². The van der Waals surface area contributed by atoms with Gasteiger partial charge in [0, 0.05) is 31.9 Å². The smallest absolute Gasteiger partial charge is 0.410 e. The Labute approximate surface area is 284 Å². The number of oxazole rings is 1. The molecule has 1 aliphatic rings. The molecule has 0 bridgehead atoms. The molecule has 0 spiro atoms. The molecule has 1 aliphatic heterocycles. The summed E-state index contributed by atoms with van der Waals surface area (Å²) in [6, 6.07) is 23.5. The van der Waals surface area contributed by atoms with Gasteiger partial charge in [0.05, 0.1) is 12.0 Å². The summed E-state index contributed by atoms with van der Waals surface area (Å²) in [5.41, 5.74) is 4.92. The molecule has 0 radical (unpaired) electrons. The molecule has 1 aromatic heterocycles. The quantitative estimate of drug-likeness (QED) is 0.171. The van der Waals surface area contributed by atoms with Gasteiger partial charge in [-0.15, -0.1) is 0 Å². The third-order valence-electron chi connectivity index (χ3n) is 8.68. The summed E-state index contributed by atoms with van der Waals surface area (Å²) in [6.45, 7) is 14.6. The van der Waals surface area contributed by atoms with Crippen LogP contribution < -0.4 is 10.2 Å². The van der Waals surface area contributed by atoms with Crippen molar-refractivity contribution in [3.63, 3.8) is 0 Å². The third-order valence-corrected chi connectivity index (χ3v) is 8.68. The number of benzene rings is 3. The number of aliphatic hydroxyl groups excluding tert-OH is 1. The molecule has 9 nitrogen and oxygen atoms in total. The lowest BCUT2D eigenvalue weighted by atomic mass is 9.87. The minimum atomic E-state index is -1.06. The van der Waals surface area contributed by atoms with Crippen molar-refractivity contribution in [2.75, 3.05) is 31.1 Å². The number of carbonyl (C=O) groups is 2. The van der Waals surface area contributed by atoms with Crippen LogP contribution in [0.4, 0.5) is 10.5 Å². The zero-order valence-corrected chi connectivity index (χ0v) is 29.1. The lowest BCUT2D eigenvalue weighted by Gasteiger charge is -2.36. The van der Waals surface area contributed by atoms with E-state index in [-0.39, 0.29) is 29.7 Å². The lowest BCUT2D eigenvalue weighted by Crippen LogP contribution is -2.50. The summed E-state index contributed by atoms with van der Waals surface area (Å²) in [4.78, 5) is 35.0. The Morgan fingerprint density at radius 2 is 1.67 bits per heavy atom. The topological polar surface area (TPSA) is 108 Å². The number of ether oxygens (including phenoxy) is 1. The number of aliphatic hydroxyl groups is 1. The number of para-hydroxylation sites is 2. The van der Waals surface area contributed by atoms with Gasteiger partial charge in [-0.25, -0.2) is 9.78 Å². The fourth-order valence-electron chi connectivity index (χ4n) is 6.23. The Balaban J connectivity index is 1.28. The first-order valence-electron chi connectivity index (χ1n) is 17.2. The number of anilines is 1. The summed E-state index contributed by atoms with van der Waals surface area (Å²) in [5.74, 6) is -0.00667. The highest BCUT2D eigenvalue weighted by atomic mass is 16.6. The van der Waals surface area contributed by atoms with Crippen LogP contribution in [0.1, 0.15) is 84.3 Å². The fourth-order valence-corrected chi connectivity index (χ4v) is 6.23. The summed E-state index contributed by atoms with van der Waals surface area (Å²) >= 11 is 0. The molecule has 5 rings (SSSR count). The van der Waals surface area contributed by atoms with E-state index in [1.54, 1.807) is 4.90 Å². The molecule has 3 aromatic carbocycles. The largest absolute Gasteiger partial charge is 0.444 e. The Kier molecular flexibility index (Phi) is 11.1. The molecule has 2 heterocycles. The van der Waals surface area contributed by atoms with E-state index in [4.69, 9.17) is 9.15 Å². The second-order valence-corrected chi connectivity index (χ2v) is 14.2. The molecule has 2 N–H and O–H groups in total. The molecular weight excluding hydrogens is 604 g/mol. The first-order valence-corrected chi connectivity index (χ1v) is 17.2. The van der Waals surface area contributed by atoms with Gasteiger partial charge in [-0.1, -0.05) is 75.7 Å². The number of aromatic nitrogens is 1. The third kappa shape index (κ3) is 8.75. The summed E-state index contributed by atoms with van der Waals surface area (Å²) in [7, 11) is 0. The van der Waals surface area contributed by atoms with Crippen LogP contribution in [0.3, 0.4) is 0 Å². The van der Waals surface area contributed by atoms with Crippen LogP contribution in [0.25, 0.3) is 22.2 Å². The number of nitrogens with one attached hydrogen (secondary N) is 1. The van der Waals surface area contributed by atoms with Crippen LogP contribution in [0.2, 0.25) is 0 Å².